The molecule has 5 aromatic carbocycles. The van der Waals surface area contributed by atoms with Crippen LogP contribution in [0.3, 0.4) is 0 Å². The van der Waals surface area contributed by atoms with Gasteiger partial charge in [0.2, 0.25) is 0 Å². The third-order valence-electron chi connectivity index (χ3n) is 6.31. The first-order chi connectivity index (χ1) is 15.3. The Morgan fingerprint density at radius 3 is 1.90 bits per heavy atom. The smallest absolute Gasteiger partial charge is 0.0625 e. The van der Waals surface area contributed by atoms with E-state index in [-0.39, 0.29) is 0 Å². The van der Waals surface area contributed by atoms with Gasteiger partial charge in [-0.2, -0.15) is 0 Å². The number of aromatic nitrogens is 1. The Balaban J connectivity index is 2.04. The molecule has 0 aliphatic carbocycles. The third kappa shape index (κ3) is 2.38. The monoisotopic (exact) mass is 395 g/mol. The molecule has 0 radical (unpaired) electrons. The molecule has 0 fully saturated rings. The summed E-state index contributed by atoms with van der Waals surface area (Å²) < 4.78 is 2.41. The van der Waals surface area contributed by atoms with Gasteiger partial charge in [-0.15, -0.1) is 0 Å². The van der Waals surface area contributed by atoms with Crippen molar-refractivity contribution < 1.29 is 0 Å². The summed E-state index contributed by atoms with van der Waals surface area (Å²) in [5.41, 5.74) is 5.80. The van der Waals surface area contributed by atoms with Crippen molar-refractivity contribution in [3.05, 3.63) is 115 Å². The molecule has 1 nitrogen and oxygen atoms in total. The van der Waals surface area contributed by atoms with E-state index in [0.717, 1.165) is 16.8 Å². The first-order valence-electron chi connectivity index (χ1n) is 10.5. The zero-order valence-electron chi connectivity index (χ0n) is 17.2. The van der Waals surface area contributed by atoms with E-state index in [1.165, 1.54) is 43.4 Å². The van der Waals surface area contributed by atoms with Crippen molar-refractivity contribution in [2.24, 2.45) is 0 Å². The molecule has 0 aliphatic heterocycles. The molecular weight excluding hydrogens is 374 g/mol. The van der Waals surface area contributed by atoms with Crippen LogP contribution in [0.15, 0.2) is 104 Å². The Hall–Kier alpha value is -4.10. The van der Waals surface area contributed by atoms with Crippen LogP contribution in [-0.2, 0) is 0 Å². The molecule has 0 bridgehead atoms. The SMILES string of the molecule is C=Cc1c(C=C)c2c(c3ccccc13)c1ccc3ccccc3c1n2-c1ccccc1. The second kappa shape index (κ2) is 6.72. The molecule has 0 aliphatic rings. The van der Waals surface area contributed by atoms with Gasteiger partial charge in [-0.3, -0.25) is 0 Å². The zero-order chi connectivity index (χ0) is 20.9. The van der Waals surface area contributed by atoms with Crippen LogP contribution in [-0.4, -0.2) is 4.57 Å². The van der Waals surface area contributed by atoms with Crippen molar-refractivity contribution in [1.29, 1.82) is 0 Å². The van der Waals surface area contributed by atoms with Gasteiger partial charge >= 0.3 is 0 Å². The van der Waals surface area contributed by atoms with Crippen molar-refractivity contribution in [2.75, 3.05) is 0 Å². The van der Waals surface area contributed by atoms with Crippen LogP contribution in [0.2, 0.25) is 0 Å². The zero-order valence-corrected chi connectivity index (χ0v) is 17.2. The summed E-state index contributed by atoms with van der Waals surface area (Å²) in [6.07, 6.45) is 3.94. The lowest BCUT2D eigenvalue weighted by Gasteiger charge is -2.14. The summed E-state index contributed by atoms with van der Waals surface area (Å²) in [6.45, 7) is 8.35. The highest BCUT2D eigenvalue weighted by Gasteiger charge is 2.21. The maximum atomic E-state index is 4.20. The summed E-state index contributed by atoms with van der Waals surface area (Å²) in [6, 6.07) is 32.4. The van der Waals surface area contributed by atoms with Gasteiger partial charge in [-0.05, 0) is 33.9 Å². The minimum atomic E-state index is 1.12. The number of fused-ring (bicyclic) bond motifs is 7. The fourth-order valence-electron chi connectivity index (χ4n) is 5.05. The van der Waals surface area contributed by atoms with E-state index >= 15 is 0 Å². The highest BCUT2D eigenvalue weighted by molar-refractivity contribution is 6.28. The Labute approximate surface area is 181 Å². The number of rotatable bonds is 3. The number of hydrogen-bond donors (Lipinski definition) is 0. The molecule has 6 rings (SSSR count). The Morgan fingerprint density at radius 1 is 0.516 bits per heavy atom. The van der Waals surface area contributed by atoms with E-state index in [1.54, 1.807) is 0 Å². The van der Waals surface area contributed by atoms with Crippen LogP contribution in [0.5, 0.6) is 0 Å². The maximum absolute atomic E-state index is 4.20. The molecule has 1 heteroatoms. The third-order valence-corrected chi connectivity index (χ3v) is 6.31. The summed E-state index contributed by atoms with van der Waals surface area (Å²) in [5.74, 6) is 0. The highest BCUT2D eigenvalue weighted by Crippen LogP contribution is 2.43. The van der Waals surface area contributed by atoms with Gasteiger partial charge in [-0.1, -0.05) is 104 Å². The topological polar surface area (TPSA) is 4.93 Å². The van der Waals surface area contributed by atoms with E-state index in [4.69, 9.17) is 0 Å². The van der Waals surface area contributed by atoms with Gasteiger partial charge in [0.15, 0.2) is 0 Å². The van der Waals surface area contributed by atoms with Crippen LogP contribution in [0.1, 0.15) is 11.1 Å². The lowest BCUT2D eigenvalue weighted by atomic mass is 9.93. The number of nitrogens with zero attached hydrogens (tertiary/aromatic N) is 1. The molecule has 1 aromatic heterocycles. The van der Waals surface area contributed by atoms with E-state index < -0.39 is 0 Å². The average Bonchev–Trinajstić information content (AvgIpc) is 3.19. The van der Waals surface area contributed by atoms with Crippen molar-refractivity contribution in [1.82, 2.24) is 4.57 Å². The largest absolute Gasteiger partial charge is 0.308 e. The molecule has 0 unspecified atom stereocenters. The van der Waals surface area contributed by atoms with Crippen LogP contribution < -0.4 is 0 Å². The molecule has 0 saturated heterocycles. The van der Waals surface area contributed by atoms with Crippen molar-refractivity contribution in [2.45, 2.75) is 0 Å². The first-order valence-corrected chi connectivity index (χ1v) is 10.5. The fraction of sp³-hybridized carbons (Fsp3) is 0. The minimum Gasteiger partial charge on any atom is -0.308 e. The van der Waals surface area contributed by atoms with E-state index in [2.05, 4.69) is 109 Å². The van der Waals surface area contributed by atoms with Gasteiger partial charge in [0.25, 0.3) is 0 Å². The average molecular weight is 396 g/mol. The Bertz CT molecular complexity index is 1650. The van der Waals surface area contributed by atoms with Crippen LogP contribution in [0.4, 0.5) is 0 Å². The van der Waals surface area contributed by atoms with Gasteiger partial charge in [0.1, 0.15) is 0 Å². The van der Waals surface area contributed by atoms with Crippen LogP contribution in [0.25, 0.3) is 61.2 Å². The molecular formula is C30H21N. The van der Waals surface area contributed by atoms with E-state index in [1.807, 2.05) is 12.2 Å². The quantitative estimate of drug-likeness (QED) is 0.283. The van der Waals surface area contributed by atoms with Gasteiger partial charge in [0, 0.05) is 27.4 Å². The molecule has 0 amide bonds. The molecule has 0 spiro atoms. The summed E-state index contributed by atoms with van der Waals surface area (Å²) in [7, 11) is 0. The second-order valence-electron chi connectivity index (χ2n) is 7.86. The number of benzene rings is 5. The second-order valence-corrected chi connectivity index (χ2v) is 7.86. The standard InChI is InChI=1S/C30H21N/c1-3-22-23(4-2)30-28(26-17-11-10-16-25(22)26)27-19-18-20-12-8-9-15-24(20)29(27)31(30)21-13-6-5-7-14-21/h3-19H,1-2H2. The first kappa shape index (κ1) is 17.7. The van der Waals surface area contributed by atoms with Crippen LogP contribution >= 0.6 is 0 Å². The molecule has 31 heavy (non-hydrogen) atoms. The molecule has 0 N–H and O–H groups in total. The van der Waals surface area contributed by atoms with Crippen LogP contribution in [0, 0.1) is 0 Å². The molecule has 1 heterocycles. The predicted molar refractivity (Wildman–Crippen MR) is 136 cm³/mol. The fourth-order valence-corrected chi connectivity index (χ4v) is 5.05. The minimum absolute atomic E-state index is 1.12. The normalized spacial score (nSPS) is 11.5. The molecule has 0 saturated carbocycles. The van der Waals surface area contributed by atoms with Gasteiger partial charge in [0.05, 0.1) is 11.0 Å². The summed E-state index contributed by atoms with van der Waals surface area (Å²) >= 11 is 0. The maximum Gasteiger partial charge on any atom is 0.0625 e. The Morgan fingerprint density at radius 2 is 1.16 bits per heavy atom. The summed E-state index contributed by atoms with van der Waals surface area (Å²) in [4.78, 5) is 0. The lowest BCUT2D eigenvalue weighted by Crippen LogP contribution is -1.97. The lowest BCUT2D eigenvalue weighted by molar-refractivity contribution is 1.18. The van der Waals surface area contributed by atoms with Gasteiger partial charge < -0.3 is 4.57 Å². The van der Waals surface area contributed by atoms with Crippen molar-refractivity contribution >= 4 is 55.5 Å². The van der Waals surface area contributed by atoms with E-state index in [0.29, 0.717) is 0 Å². The number of hydrogen-bond acceptors (Lipinski definition) is 0. The molecule has 146 valence electrons. The number of para-hydroxylation sites is 1. The van der Waals surface area contributed by atoms with Crippen molar-refractivity contribution in [3.63, 3.8) is 0 Å². The van der Waals surface area contributed by atoms with Crippen molar-refractivity contribution in [3.8, 4) is 5.69 Å². The Kier molecular flexibility index (Phi) is 3.84. The summed E-state index contributed by atoms with van der Waals surface area (Å²) in [5, 5.41) is 7.46. The highest BCUT2D eigenvalue weighted by atomic mass is 15.0. The molecule has 0 atom stereocenters. The van der Waals surface area contributed by atoms with Gasteiger partial charge in [-0.25, -0.2) is 0 Å². The predicted octanol–water partition coefficient (Wildman–Crippen LogP) is 8.38. The van der Waals surface area contributed by atoms with E-state index in [9.17, 15) is 0 Å². The molecule has 6 aromatic rings.